The zero-order valence-corrected chi connectivity index (χ0v) is 9.45. The first-order valence-corrected chi connectivity index (χ1v) is 5.19. The SMILES string of the molecule is C=C(OC)c1ccc2c(c1)C(=O)C[C@H](C)O2. The third kappa shape index (κ3) is 1.81. The summed E-state index contributed by atoms with van der Waals surface area (Å²) in [5.41, 5.74) is 1.43. The number of carbonyl (C=O) groups excluding carboxylic acids is 1. The van der Waals surface area contributed by atoms with Crippen molar-refractivity contribution in [2.45, 2.75) is 19.4 Å². The molecule has 84 valence electrons. The molecule has 1 atom stereocenters. The molecule has 16 heavy (non-hydrogen) atoms. The summed E-state index contributed by atoms with van der Waals surface area (Å²) in [5.74, 6) is 1.31. The predicted molar refractivity (Wildman–Crippen MR) is 61.5 cm³/mol. The highest BCUT2D eigenvalue weighted by atomic mass is 16.5. The Bertz CT molecular complexity index is 448. The van der Waals surface area contributed by atoms with E-state index in [2.05, 4.69) is 6.58 Å². The first kappa shape index (κ1) is 10.7. The van der Waals surface area contributed by atoms with Gasteiger partial charge in [-0.15, -0.1) is 0 Å². The average Bonchev–Trinajstić information content (AvgIpc) is 2.27. The highest BCUT2D eigenvalue weighted by molar-refractivity contribution is 6.00. The monoisotopic (exact) mass is 218 g/mol. The number of ketones is 1. The minimum Gasteiger partial charge on any atom is -0.497 e. The van der Waals surface area contributed by atoms with E-state index < -0.39 is 0 Å². The fraction of sp³-hybridized carbons (Fsp3) is 0.308. The van der Waals surface area contributed by atoms with Crippen molar-refractivity contribution in [3.05, 3.63) is 35.9 Å². The van der Waals surface area contributed by atoms with Crippen molar-refractivity contribution in [3.8, 4) is 5.75 Å². The maximum absolute atomic E-state index is 11.8. The van der Waals surface area contributed by atoms with E-state index in [0.717, 1.165) is 5.56 Å². The van der Waals surface area contributed by atoms with Crippen LogP contribution in [0, 0.1) is 0 Å². The summed E-state index contributed by atoms with van der Waals surface area (Å²) in [5, 5.41) is 0. The number of fused-ring (bicyclic) bond motifs is 1. The Balaban J connectivity index is 2.42. The number of benzene rings is 1. The molecule has 1 aliphatic rings. The lowest BCUT2D eigenvalue weighted by molar-refractivity contribution is 0.0871. The second kappa shape index (κ2) is 4.00. The van der Waals surface area contributed by atoms with Gasteiger partial charge >= 0.3 is 0 Å². The van der Waals surface area contributed by atoms with Gasteiger partial charge in [0.1, 0.15) is 17.6 Å². The van der Waals surface area contributed by atoms with Crippen LogP contribution in [0.2, 0.25) is 0 Å². The zero-order chi connectivity index (χ0) is 11.7. The van der Waals surface area contributed by atoms with Crippen molar-refractivity contribution in [2.24, 2.45) is 0 Å². The molecule has 1 heterocycles. The minimum absolute atomic E-state index is 0.0449. The van der Waals surface area contributed by atoms with Crippen LogP contribution in [0.15, 0.2) is 24.8 Å². The first-order valence-electron chi connectivity index (χ1n) is 5.19. The Morgan fingerprint density at radius 3 is 3.00 bits per heavy atom. The molecule has 3 nitrogen and oxygen atoms in total. The molecule has 0 aromatic heterocycles. The Labute approximate surface area is 94.7 Å². The lowest BCUT2D eigenvalue weighted by Crippen LogP contribution is -2.23. The molecule has 0 aliphatic carbocycles. The van der Waals surface area contributed by atoms with Crippen LogP contribution >= 0.6 is 0 Å². The van der Waals surface area contributed by atoms with Crippen LogP contribution in [0.5, 0.6) is 5.75 Å². The van der Waals surface area contributed by atoms with Crippen molar-refractivity contribution in [3.63, 3.8) is 0 Å². The minimum atomic E-state index is -0.0449. The van der Waals surface area contributed by atoms with Gasteiger partial charge in [-0.25, -0.2) is 0 Å². The number of carbonyl (C=O) groups is 1. The zero-order valence-electron chi connectivity index (χ0n) is 9.45. The number of ether oxygens (including phenoxy) is 2. The molecular formula is C13H14O3. The fourth-order valence-electron chi connectivity index (χ4n) is 1.77. The molecule has 0 N–H and O–H groups in total. The highest BCUT2D eigenvalue weighted by Gasteiger charge is 2.23. The standard InChI is InChI=1S/C13H14O3/c1-8-6-12(14)11-7-10(9(2)15-3)4-5-13(11)16-8/h4-5,7-8H,2,6H2,1,3H3/t8-/m0/s1. The van der Waals surface area contributed by atoms with E-state index in [9.17, 15) is 4.79 Å². The van der Waals surface area contributed by atoms with Crippen molar-refractivity contribution in [2.75, 3.05) is 7.11 Å². The smallest absolute Gasteiger partial charge is 0.170 e. The molecule has 0 saturated heterocycles. The maximum Gasteiger partial charge on any atom is 0.170 e. The predicted octanol–water partition coefficient (Wildman–Crippen LogP) is 2.66. The van der Waals surface area contributed by atoms with E-state index >= 15 is 0 Å². The lowest BCUT2D eigenvalue weighted by Gasteiger charge is -2.22. The molecule has 1 aromatic carbocycles. The summed E-state index contributed by atoms with van der Waals surface area (Å²) in [4.78, 5) is 11.8. The third-order valence-electron chi connectivity index (χ3n) is 2.65. The van der Waals surface area contributed by atoms with Crippen molar-refractivity contribution >= 4 is 11.5 Å². The molecule has 0 spiro atoms. The molecule has 0 bridgehead atoms. The van der Waals surface area contributed by atoms with Gasteiger partial charge in [0.05, 0.1) is 12.7 Å². The van der Waals surface area contributed by atoms with E-state index in [0.29, 0.717) is 23.5 Å². The molecular weight excluding hydrogens is 204 g/mol. The summed E-state index contributed by atoms with van der Waals surface area (Å²) >= 11 is 0. The van der Waals surface area contributed by atoms with Gasteiger partial charge in [0.2, 0.25) is 0 Å². The number of hydrogen-bond donors (Lipinski definition) is 0. The second-order valence-corrected chi connectivity index (χ2v) is 3.89. The third-order valence-corrected chi connectivity index (χ3v) is 2.65. The number of hydrogen-bond acceptors (Lipinski definition) is 3. The molecule has 0 saturated carbocycles. The van der Waals surface area contributed by atoms with Crippen LogP contribution in [-0.4, -0.2) is 19.0 Å². The summed E-state index contributed by atoms with van der Waals surface area (Å²) < 4.78 is 10.6. The van der Waals surface area contributed by atoms with E-state index in [1.54, 1.807) is 19.2 Å². The summed E-state index contributed by atoms with van der Waals surface area (Å²) in [6.07, 6.45) is 0.382. The van der Waals surface area contributed by atoms with E-state index in [1.807, 2.05) is 13.0 Å². The normalized spacial score (nSPS) is 18.6. The van der Waals surface area contributed by atoms with Crippen LogP contribution in [0.3, 0.4) is 0 Å². The molecule has 0 amide bonds. The Morgan fingerprint density at radius 1 is 1.56 bits per heavy atom. The van der Waals surface area contributed by atoms with Crippen LogP contribution in [0.1, 0.15) is 29.3 Å². The lowest BCUT2D eigenvalue weighted by atomic mass is 9.99. The average molecular weight is 218 g/mol. The molecule has 0 unspecified atom stereocenters. The quantitative estimate of drug-likeness (QED) is 0.716. The van der Waals surface area contributed by atoms with Gasteiger partial charge in [0, 0.05) is 12.0 Å². The van der Waals surface area contributed by atoms with Crippen molar-refractivity contribution in [1.29, 1.82) is 0 Å². The van der Waals surface area contributed by atoms with Crippen molar-refractivity contribution in [1.82, 2.24) is 0 Å². The van der Waals surface area contributed by atoms with Gasteiger partial charge in [-0.3, -0.25) is 4.79 Å². The molecule has 1 aromatic rings. The largest absolute Gasteiger partial charge is 0.497 e. The topological polar surface area (TPSA) is 35.5 Å². The number of methoxy groups -OCH3 is 1. The van der Waals surface area contributed by atoms with E-state index in [1.165, 1.54) is 0 Å². The van der Waals surface area contributed by atoms with Gasteiger partial charge in [0.15, 0.2) is 5.78 Å². The second-order valence-electron chi connectivity index (χ2n) is 3.89. The Kier molecular flexibility index (Phi) is 2.69. The first-order chi connectivity index (χ1) is 7.61. The molecule has 0 radical (unpaired) electrons. The highest BCUT2D eigenvalue weighted by Crippen LogP contribution is 2.30. The molecule has 3 heteroatoms. The van der Waals surface area contributed by atoms with Gasteiger partial charge in [-0.05, 0) is 25.1 Å². The van der Waals surface area contributed by atoms with Gasteiger partial charge in [0.25, 0.3) is 0 Å². The molecule has 2 rings (SSSR count). The summed E-state index contributed by atoms with van der Waals surface area (Å²) in [6.45, 7) is 5.65. The van der Waals surface area contributed by atoms with E-state index in [4.69, 9.17) is 9.47 Å². The van der Waals surface area contributed by atoms with Crippen molar-refractivity contribution < 1.29 is 14.3 Å². The van der Waals surface area contributed by atoms with Crippen LogP contribution in [0.25, 0.3) is 5.76 Å². The van der Waals surface area contributed by atoms with Crippen LogP contribution in [-0.2, 0) is 4.74 Å². The maximum atomic E-state index is 11.8. The van der Waals surface area contributed by atoms with Crippen LogP contribution in [0.4, 0.5) is 0 Å². The Morgan fingerprint density at radius 2 is 2.31 bits per heavy atom. The summed E-state index contributed by atoms with van der Waals surface area (Å²) in [6, 6.07) is 5.41. The van der Waals surface area contributed by atoms with E-state index in [-0.39, 0.29) is 11.9 Å². The van der Waals surface area contributed by atoms with Gasteiger partial charge in [-0.1, -0.05) is 6.58 Å². The van der Waals surface area contributed by atoms with Crippen LogP contribution < -0.4 is 4.74 Å². The molecule has 0 fully saturated rings. The number of Topliss-reactive ketones (excluding diaryl/α,β-unsaturated/α-hetero) is 1. The number of rotatable bonds is 2. The summed E-state index contributed by atoms with van der Waals surface area (Å²) in [7, 11) is 1.56. The Hall–Kier alpha value is -1.77. The van der Waals surface area contributed by atoms with Gasteiger partial charge in [-0.2, -0.15) is 0 Å². The molecule has 1 aliphatic heterocycles. The fourth-order valence-corrected chi connectivity index (χ4v) is 1.77. The van der Waals surface area contributed by atoms with Gasteiger partial charge < -0.3 is 9.47 Å².